The van der Waals surface area contributed by atoms with Gasteiger partial charge >= 0.3 is 5.97 Å². The Hall–Kier alpha value is -1.10. The summed E-state index contributed by atoms with van der Waals surface area (Å²) in [7, 11) is 0. The molecule has 0 rings (SSSR count). The van der Waals surface area contributed by atoms with E-state index in [4.69, 9.17) is 10.2 Å². The average Bonchev–Trinajstić information content (AvgIpc) is 2.24. The van der Waals surface area contributed by atoms with Crippen LogP contribution in [0, 0.1) is 0 Å². The van der Waals surface area contributed by atoms with E-state index in [0.717, 1.165) is 0 Å². The van der Waals surface area contributed by atoms with Crippen molar-refractivity contribution >= 4 is 11.9 Å². The highest BCUT2D eigenvalue weighted by atomic mass is 16.4. The fourth-order valence-corrected chi connectivity index (χ4v) is 1.20. The summed E-state index contributed by atoms with van der Waals surface area (Å²) < 4.78 is 0. The SMILES string of the molecule is CCC(C)(CO)NC(=O)CCCCC(=O)O. The summed E-state index contributed by atoms with van der Waals surface area (Å²) in [4.78, 5) is 21.7. The first-order valence-electron chi connectivity index (χ1n) is 5.57. The first kappa shape index (κ1) is 14.9. The normalized spacial score (nSPS) is 14.2. The second-order valence-corrected chi connectivity index (χ2v) is 4.22. The van der Waals surface area contributed by atoms with E-state index in [1.165, 1.54) is 0 Å². The van der Waals surface area contributed by atoms with E-state index in [0.29, 0.717) is 25.7 Å². The van der Waals surface area contributed by atoms with Gasteiger partial charge in [0.1, 0.15) is 0 Å². The van der Waals surface area contributed by atoms with Gasteiger partial charge in [0.25, 0.3) is 0 Å². The molecule has 0 aliphatic carbocycles. The van der Waals surface area contributed by atoms with Gasteiger partial charge in [-0.2, -0.15) is 0 Å². The summed E-state index contributed by atoms with van der Waals surface area (Å²) in [6, 6.07) is 0. The molecule has 3 N–H and O–H groups in total. The highest BCUT2D eigenvalue weighted by Crippen LogP contribution is 2.09. The van der Waals surface area contributed by atoms with Crippen molar-refractivity contribution in [1.29, 1.82) is 0 Å². The van der Waals surface area contributed by atoms with E-state index in [9.17, 15) is 9.59 Å². The van der Waals surface area contributed by atoms with E-state index >= 15 is 0 Å². The Labute approximate surface area is 95.9 Å². The minimum atomic E-state index is -0.839. The van der Waals surface area contributed by atoms with Crippen LogP contribution >= 0.6 is 0 Å². The molecule has 1 unspecified atom stereocenters. The molecule has 0 aromatic carbocycles. The van der Waals surface area contributed by atoms with Crippen molar-refractivity contribution in [1.82, 2.24) is 5.32 Å². The number of aliphatic hydroxyl groups is 1. The molecule has 94 valence electrons. The van der Waals surface area contributed by atoms with Gasteiger partial charge in [-0.25, -0.2) is 0 Å². The minimum absolute atomic E-state index is 0.0929. The Morgan fingerprint density at radius 3 is 2.25 bits per heavy atom. The van der Waals surface area contributed by atoms with Gasteiger partial charge in [-0.1, -0.05) is 6.92 Å². The third-order valence-electron chi connectivity index (χ3n) is 2.61. The lowest BCUT2D eigenvalue weighted by atomic mass is 10.00. The number of nitrogens with one attached hydrogen (secondary N) is 1. The summed E-state index contributed by atoms with van der Waals surface area (Å²) in [5.74, 6) is -0.974. The fourth-order valence-electron chi connectivity index (χ4n) is 1.20. The van der Waals surface area contributed by atoms with Crippen LogP contribution in [0.25, 0.3) is 0 Å². The first-order valence-corrected chi connectivity index (χ1v) is 5.57. The van der Waals surface area contributed by atoms with E-state index in [-0.39, 0.29) is 18.9 Å². The molecule has 1 amide bonds. The van der Waals surface area contributed by atoms with Gasteiger partial charge in [-0.3, -0.25) is 9.59 Å². The molecule has 0 aromatic rings. The largest absolute Gasteiger partial charge is 0.481 e. The monoisotopic (exact) mass is 231 g/mol. The van der Waals surface area contributed by atoms with Crippen molar-refractivity contribution in [3.8, 4) is 0 Å². The molecule has 0 spiro atoms. The number of aliphatic hydroxyl groups excluding tert-OH is 1. The third kappa shape index (κ3) is 6.40. The predicted octanol–water partition coefficient (Wildman–Crippen LogP) is 0.909. The fraction of sp³-hybridized carbons (Fsp3) is 0.818. The van der Waals surface area contributed by atoms with Gasteiger partial charge in [0, 0.05) is 12.8 Å². The number of carboxylic acids is 1. The van der Waals surface area contributed by atoms with Crippen LogP contribution in [0.15, 0.2) is 0 Å². The number of carbonyl (C=O) groups is 2. The number of aliphatic carboxylic acids is 1. The quantitative estimate of drug-likeness (QED) is 0.542. The predicted molar refractivity (Wildman–Crippen MR) is 60.0 cm³/mol. The zero-order valence-corrected chi connectivity index (χ0v) is 9.95. The summed E-state index contributed by atoms with van der Waals surface area (Å²) in [5.41, 5.74) is -0.566. The van der Waals surface area contributed by atoms with Gasteiger partial charge in [0.15, 0.2) is 0 Å². The van der Waals surface area contributed by atoms with Crippen LogP contribution in [0.4, 0.5) is 0 Å². The molecule has 16 heavy (non-hydrogen) atoms. The van der Waals surface area contributed by atoms with E-state index in [1.807, 2.05) is 6.92 Å². The zero-order chi connectivity index (χ0) is 12.6. The Bertz CT molecular complexity index is 236. The Kier molecular flexibility index (Phi) is 6.72. The highest BCUT2D eigenvalue weighted by Gasteiger charge is 2.22. The Morgan fingerprint density at radius 1 is 1.25 bits per heavy atom. The molecule has 5 heteroatoms. The molecule has 0 saturated heterocycles. The van der Waals surface area contributed by atoms with Crippen molar-refractivity contribution in [2.75, 3.05) is 6.61 Å². The number of hydrogen-bond acceptors (Lipinski definition) is 3. The van der Waals surface area contributed by atoms with Crippen molar-refractivity contribution in [2.24, 2.45) is 0 Å². The van der Waals surface area contributed by atoms with Crippen LogP contribution in [-0.4, -0.2) is 34.2 Å². The maximum Gasteiger partial charge on any atom is 0.303 e. The van der Waals surface area contributed by atoms with Crippen LogP contribution < -0.4 is 5.32 Å². The van der Waals surface area contributed by atoms with Gasteiger partial charge < -0.3 is 15.5 Å². The molecule has 0 fully saturated rings. The van der Waals surface area contributed by atoms with Crippen LogP contribution in [0.3, 0.4) is 0 Å². The standard InChI is InChI=1S/C11H21NO4/c1-3-11(2,8-13)12-9(14)6-4-5-7-10(15)16/h13H,3-8H2,1-2H3,(H,12,14)(H,15,16). The van der Waals surface area contributed by atoms with Crippen LogP contribution in [-0.2, 0) is 9.59 Å². The van der Waals surface area contributed by atoms with Gasteiger partial charge in [-0.15, -0.1) is 0 Å². The zero-order valence-electron chi connectivity index (χ0n) is 9.95. The lowest BCUT2D eigenvalue weighted by molar-refractivity contribution is -0.137. The van der Waals surface area contributed by atoms with Crippen LogP contribution in [0.1, 0.15) is 46.0 Å². The number of carbonyl (C=O) groups excluding carboxylic acids is 1. The maximum atomic E-state index is 11.5. The first-order chi connectivity index (χ1) is 7.43. The molecule has 0 aliphatic rings. The molecule has 0 bridgehead atoms. The van der Waals surface area contributed by atoms with Crippen LogP contribution in [0.2, 0.25) is 0 Å². The Morgan fingerprint density at radius 2 is 1.81 bits per heavy atom. The summed E-state index contributed by atoms with van der Waals surface area (Å²) >= 11 is 0. The second kappa shape index (κ2) is 7.22. The average molecular weight is 231 g/mol. The molecule has 0 aromatic heterocycles. The minimum Gasteiger partial charge on any atom is -0.481 e. The van der Waals surface area contributed by atoms with Gasteiger partial charge in [-0.05, 0) is 26.2 Å². The third-order valence-corrected chi connectivity index (χ3v) is 2.61. The van der Waals surface area contributed by atoms with E-state index < -0.39 is 11.5 Å². The summed E-state index contributed by atoms with van der Waals surface area (Å²) in [6.07, 6.45) is 2.12. The van der Waals surface area contributed by atoms with E-state index in [2.05, 4.69) is 5.32 Å². The summed E-state index contributed by atoms with van der Waals surface area (Å²) in [5, 5.41) is 20.2. The van der Waals surface area contributed by atoms with Crippen LogP contribution in [0.5, 0.6) is 0 Å². The Balaban J connectivity index is 3.77. The molecule has 0 aliphatic heterocycles. The smallest absolute Gasteiger partial charge is 0.303 e. The molecule has 5 nitrogen and oxygen atoms in total. The molecular formula is C11H21NO4. The summed E-state index contributed by atoms with van der Waals surface area (Å²) in [6.45, 7) is 3.58. The lowest BCUT2D eigenvalue weighted by Crippen LogP contribution is -2.48. The van der Waals surface area contributed by atoms with Gasteiger partial charge in [0.05, 0.1) is 12.1 Å². The van der Waals surface area contributed by atoms with Crippen molar-refractivity contribution < 1.29 is 19.8 Å². The van der Waals surface area contributed by atoms with Crippen molar-refractivity contribution in [2.45, 2.75) is 51.5 Å². The van der Waals surface area contributed by atoms with E-state index in [1.54, 1.807) is 6.92 Å². The van der Waals surface area contributed by atoms with Gasteiger partial charge in [0.2, 0.25) is 5.91 Å². The number of hydrogen-bond donors (Lipinski definition) is 3. The maximum absolute atomic E-state index is 11.5. The number of carboxylic acid groups (broad SMARTS) is 1. The number of rotatable bonds is 8. The molecule has 0 saturated carbocycles. The molecule has 0 heterocycles. The second-order valence-electron chi connectivity index (χ2n) is 4.22. The molecule has 1 atom stereocenters. The van der Waals surface area contributed by atoms with Crippen molar-refractivity contribution in [3.63, 3.8) is 0 Å². The van der Waals surface area contributed by atoms with Crippen molar-refractivity contribution in [3.05, 3.63) is 0 Å². The molecule has 0 radical (unpaired) electrons. The lowest BCUT2D eigenvalue weighted by Gasteiger charge is -2.27. The number of amides is 1. The number of unbranched alkanes of at least 4 members (excludes halogenated alkanes) is 1. The molecular weight excluding hydrogens is 210 g/mol. The topological polar surface area (TPSA) is 86.6 Å². The highest BCUT2D eigenvalue weighted by molar-refractivity contribution is 5.76.